The van der Waals surface area contributed by atoms with Crippen molar-refractivity contribution in [2.24, 2.45) is 11.8 Å². The zero-order valence-electron chi connectivity index (χ0n) is 15.2. The number of urea groups is 1. The van der Waals surface area contributed by atoms with Crippen molar-refractivity contribution >= 4 is 6.03 Å². The van der Waals surface area contributed by atoms with Crippen LogP contribution in [0.2, 0.25) is 0 Å². The lowest BCUT2D eigenvalue weighted by atomic mass is 9.99. The van der Waals surface area contributed by atoms with Gasteiger partial charge in [0, 0.05) is 38.6 Å². The Morgan fingerprint density at radius 3 is 2.88 bits per heavy atom. The fourth-order valence-electron chi connectivity index (χ4n) is 3.50. The van der Waals surface area contributed by atoms with Crippen LogP contribution in [0.1, 0.15) is 24.7 Å². The van der Waals surface area contributed by atoms with Crippen LogP contribution in [0.3, 0.4) is 0 Å². The molecular formula is C20H28N4O. The van der Waals surface area contributed by atoms with Gasteiger partial charge in [0.15, 0.2) is 0 Å². The number of nitrogens with one attached hydrogen (secondary N) is 1. The minimum atomic E-state index is 0.0739. The second-order valence-corrected chi connectivity index (χ2v) is 7.21. The molecule has 1 aliphatic heterocycles. The van der Waals surface area contributed by atoms with Crippen molar-refractivity contribution in [1.29, 1.82) is 0 Å². The molecule has 2 amide bonds. The van der Waals surface area contributed by atoms with Crippen molar-refractivity contribution in [3.05, 3.63) is 54.1 Å². The Kier molecular flexibility index (Phi) is 5.74. The number of aryl methyl sites for hydroxylation is 1. The van der Waals surface area contributed by atoms with Crippen LogP contribution < -0.4 is 5.32 Å². The summed E-state index contributed by atoms with van der Waals surface area (Å²) in [5, 5.41) is 3.09. The van der Waals surface area contributed by atoms with Gasteiger partial charge in [-0.25, -0.2) is 9.78 Å². The van der Waals surface area contributed by atoms with Gasteiger partial charge in [-0.3, -0.25) is 0 Å². The van der Waals surface area contributed by atoms with E-state index in [1.54, 1.807) is 0 Å². The number of carbonyl (C=O) groups excluding carboxylic acids is 1. The second kappa shape index (κ2) is 8.19. The summed E-state index contributed by atoms with van der Waals surface area (Å²) in [5.41, 5.74) is 1.36. The lowest BCUT2D eigenvalue weighted by Gasteiger charge is -2.20. The zero-order chi connectivity index (χ0) is 17.6. The van der Waals surface area contributed by atoms with Crippen LogP contribution in [0.5, 0.6) is 0 Å². The standard InChI is InChI=1S/C20H28N4O/c1-16(14-23-11-9-21-17(23)2)13-22-20(25)24-10-8-19(15-24)12-18-6-4-3-5-7-18/h3-7,9,11,16,19H,8,10,12-15H2,1-2H3,(H,22,25)/t16-,19-/m0/s1. The van der Waals surface area contributed by atoms with Crippen molar-refractivity contribution in [2.75, 3.05) is 19.6 Å². The number of nitrogens with zero attached hydrogens (tertiary/aromatic N) is 3. The number of rotatable bonds is 6. The largest absolute Gasteiger partial charge is 0.338 e. The molecule has 1 saturated heterocycles. The SMILES string of the molecule is Cc1nccn1C[C@@H](C)CNC(=O)N1CC[C@@H](Cc2ccccc2)C1. The van der Waals surface area contributed by atoms with Crippen LogP contribution in [0.25, 0.3) is 0 Å². The van der Waals surface area contributed by atoms with Crippen LogP contribution >= 0.6 is 0 Å². The van der Waals surface area contributed by atoms with E-state index < -0.39 is 0 Å². The first-order valence-corrected chi connectivity index (χ1v) is 9.16. The highest BCUT2D eigenvalue weighted by Crippen LogP contribution is 2.20. The lowest BCUT2D eigenvalue weighted by Crippen LogP contribution is -2.40. The molecule has 5 heteroatoms. The normalized spacial score (nSPS) is 18.3. The highest BCUT2D eigenvalue weighted by atomic mass is 16.2. The maximum atomic E-state index is 12.4. The fourth-order valence-corrected chi connectivity index (χ4v) is 3.50. The Morgan fingerprint density at radius 1 is 1.36 bits per heavy atom. The summed E-state index contributed by atoms with van der Waals surface area (Å²) >= 11 is 0. The summed E-state index contributed by atoms with van der Waals surface area (Å²) in [5.74, 6) is 1.96. The highest BCUT2D eigenvalue weighted by molar-refractivity contribution is 5.74. The predicted octanol–water partition coefficient (Wildman–Crippen LogP) is 3.10. The summed E-state index contributed by atoms with van der Waals surface area (Å²) in [6, 6.07) is 10.6. The Bertz CT molecular complexity index is 682. The molecular weight excluding hydrogens is 312 g/mol. The van der Waals surface area contributed by atoms with Gasteiger partial charge in [-0.1, -0.05) is 37.3 Å². The summed E-state index contributed by atoms with van der Waals surface area (Å²) in [6.07, 6.45) is 5.95. The molecule has 0 saturated carbocycles. The van der Waals surface area contributed by atoms with Crippen LogP contribution in [0, 0.1) is 18.8 Å². The first-order valence-electron chi connectivity index (χ1n) is 9.16. The molecule has 25 heavy (non-hydrogen) atoms. The van der Waals surface area contributed by atoms with E-state index in [-0.39, 0.29) is 6.03 Å². The molecule has 1 aliphatic rings. The Balaban J connectivity index is 1.41. The maximum absolute atomic E-state index is 12.4. The molecule has 1 aromatic heterocycles. The molecule has 1 aromatic carbocycles. The van der Waals surface area contributed by atoms with Crippen LogP contribution in [0.15, 0.2) is 42.7 Å². The molecule has 2 atom stereocenters. The minimum absolute atomic E-state index is 0.0739. The number of amides is 2. The lowest BCUT2D eigenvalue weighted by molar-refractivity contribution is 0.204. The van der Waals surface area contributed by atoms with Gasteiger partial charge in [0.1, 0.15) is 5.82 Å². The average molecular weight is 340 g/mol. The van der Waals surface area contributed by atoms with Gasteiger partial charge in [-0.15, -0.1) is 0 Å². The molecule has 0 radical (unpaired) electrons. The van der Waals surface area contributed by atoms with Crippen molar-refractivity contribution in [3.8, 4) is 0 Å². The van der Waals surface area contributed by atoms with Crippen LogP contribution in [-0.4, -0.2) is 40.1 Å². The molecule has 134 valence electrons. The third-order valence-corrected chi connectivity index (χ3v) is 4.97. The van der Waals surface area contributed by atoms with Gasteiger partial charge in [0.05, 0.1) is 0 Å². The predicted molar refractivity (Wildman–Crippen MR) is 99.4 cm³/mol. The molecule has 3 rings (SSSR count). The van der Waals surface area contributed by atoms with E-state index in [9.17, 15) is 4.79 Å². The van der Waals surface area contributed by atoms with Gasteiger partial charge < -0.3 is 14.8 Å². The quantitative estimate of drug-likeness (QED) is 0.878. The molecule has 0 bridgehead atoms. The van der Waals surface area contributed by atoms with Crippen LogP contribution in [0.4, 0.5) is 4.79 Å². The van der Waals surface area contributed by atoms with E-state index in [0.29, 0.717) is 18.4 Å². The minimum Gasteiger partial charge on any atom is -0.338 e. The topological polar surface area (TPSA) is 50.2 Å². The fraction of sp³-hybridized carbons (Fsp3) is 0.500. The van der Waals surface area contributed by atoms with Crippen molar-refractivity contribution in [2.45, 2.75) is 33.2 Å². The highest BCUT2D eigenvalue weighted by Gasteiger charge is 2.26. The number of carbonyl (C=O) groups is 1. The van der Waals surface area contributed by atoms with Gasteiger partial charge >= 0.3 is 6.03 Å². The first-order chi connectivity index (χ1) is 12.1. The van der Waals surface area contributed by atoms with Gasteiger partial charge in [-0.2, -0.15) is 0 Å². The second-order valence-electron chi connectivity index (χ2n) is 7.21. The van der Waals surface area contributed by atoms with Crippen molar-refractivity contribution in [1.82, 2.24) is 19.8 Å². The Morgan fingerprint density at radius 2 is 2.16 bits per heavy atom. The Labute approximate surface area is 150 Å². The van der Waals surface area contributed by atoms with Gasteiger partial charge in [-0.05, 0) is 37.2 Å². The molecule has 2 heterocycles. The number of likely N-dealkylation sites (tertiary alicyclic amines) is 1. The Hall–Kier alpha value is -2.30. The smallest absolute Gasteiger partial charge is 0.317 e. The molecule has 5 nitrogen and oxygen atoms in total. The van der Waals surface area contributed by atoms with E-state index in [1.807, 2.05) is 30.3 Å². The van der Waals surface area contributed by atoms with Gasteiger partial charge in [0.2, 0.25) is 0 Å². The molecule has 0 aliphatic carbocycles. The van der Waals surface area contributed by atoms with Gasteiger partial charge in [0.25, 0.3) is 0 Å². The van der Waals surface area contributed by atoms with E-state index in [4.69, 9.17) is 0 Å². The molecule has 1 fully saturated rings. The molecule has 0 unspecified atom stereocenters. The van der Waals surface area contributed by atoms with E-state index in [1.165, 1.54) is 5.56 Å². The first kappa shape index (κ1) is 17.5. The number of benzene rings is 1. The molecule has 2 aromatic rings. The van der Waals surface area contributed by atoms with E-state index in [0.717, 1.165) is 38.3 Å². The zero-order valence-corrected chi connectivity index (χ0v) is 15.2. The average Bonchev–Trinajstić information content (AvgIpc) is 3.23. The molecule has 0 spiro atoms. The van der Waals surface area contributed by atoms with Crippen molar-refractivity contribution < 1.29 is 4.79 Å². The molecule has 1 N–H and O–H groups in total. The van der Waals surface area contributed by atoms with E-state index in [2.05, 4.69) is 46.1 Å². The van der Waals surface area contributed by atoms with Crippen molar-refractivity contribution in [3.63, 3.8) is 0 Å². The number of hydrogen-bond donors (Lipinski definition) is 1. The summed E-state index contributed by atoms with van der Waals surface area (Å²) in [4.78, 5) is 18.6. The number of aromatic nitrogens is 2. The number of hydrogen-bond acceptors (Lipinski definition) is 2. The summed E-state index contributed by atoms with van der Waals surface area (Å²) in [7, 11) is 0. The monoisotopic (exact) mass is 340 g/mol. The summed E-state index contributed by atoms with van der Waals surface area (Å²) in [6.45, 7) is 7.44. The summed E-state index contributed by atoms with van der Waals surface area (Å²) < 4.78 is 2.13. The third kappa shape index (κ3) is 4.84. The maximum Gasteiger partial charge on any atom is 0.317 e. The third-order valence-electron chi connectivity index (χ3n) is 4.97. The number of imidazole rings is 1. The van der Waals surface area contributed by atoms with Crippen LogP contribution in [-0.2, 0) is 13.0 Å². The van der Waals surface area contributed by atoms with E-state index >= 15 is 0 Å².